The van der Waals surface area contributed by atoms with Gasteiger partial charge in [0.2, 0.25) is 5.91 Å². The summed E-state index contributed by atoms with van der Waals surface area (Å²) in [6, 6.07) is 7.48. The molecule has 2 unspecified atom stereocenters. The van der Waals surface area contributed by atoms with Crippen molar-refractivity contribution in [3.63, 3.8) is 0 Å². The predicted molar refractivity (Wildman–Crippen MR) is 85.5 cm³/mol. The number of hydrogen-bond acceptors (Lipinski definition) is 6. The summed E-state index contributed by atoms with van der Waals surface area (Å²) in [5.74, 6) is 0.0420. The average molecular weight is 339 g/mol. The number of nitrogens with zero attached hydrogens (tertiary/aromatic N) is 4. The first kappa shape index (κ1) is 17.3. The van der Waals surface area contributed by atoms with Crippen LogP contribution in [-0.2, 0) is 11.2 Å². The van der Waals surface area contributed by atoms with E-state index in [0.29, 0.717) is 19.5 Å². The van der Waals surface area contributed by atoms with E-state index in [-0.39, 0.29) is 30.3 Å². The lowest BCUT2D eigenvalue weighted by atomic mass is 10.1. The van der Waals surface area contributed by atoms with Gasteiger partial charge in [-0.3, -0.25) is 4.79 Å². The molecule has 0 spiro atoms. The molecule has 1 fully saturated rings. The molecular formula is C14H19ClN6O2. The Kier molecular flexibility index (Phi) is 6.03. The highest BCUT2D eigenvalue weighted by molar-refractivity contribution is 5.85. The molecule has 1 amide bonds. The minimum Gasteiger partial charge on any atom is -0.391 e. The van der Waals surface area contributed by atoms with Gasteiger partial charge in [0.1, 0.15) is 6.33 Å². The number of amides is 1. The highest BCUT2D eigenvalue weighted by Crippen LogP contribution is 2.09. The summed E-state index contributed by atoms with van der Waals surface area (Å²) >= 11 is 0. The van der Waals surface area contributed by atoms with Crippen molar-refractivity contribution in [3.8, 4) is 5.69 Å². The molecule has 2 aromatic rings. The first-order valence-electron chi connectivity index (χ1n) is 7.20. The number of halogens is 1. The first-order chi connectivity index (χ1) is 10.7. The Labute approximate surface area is 139 Å². The zero-order chi connectivity index (χ0) is 15.4. The first-order valence-corrected chi connectivity index (χ1v) is 7.20. The zero-order valence-corrected chi connectivity index (χ0v) is 13.2. The molecule has 3 rings (SSSR count). The molecule has 1 aromatic carbocycles. The van der Waals surface area contributed by atoms with E-state index in [2.05, 4.69) is 26.2 Å². The number of carbonyl (C=O) groups excluding carboxylic acids is 1. The summed E-state index contributed by atoms with van der Waals surface area (Å²) in [4.78, 5) is 11.9. The van der Waals surface area contributed by atoms with E-state index >= 15 is 0 Å². The predicted octanol–water partition coefficient (Wildman–Crippen LogP) is -0.677. The summed E-state index contributed by atoms with van der Waals surface area (Å²) in [6.07, 6.45) is 1.45. The van der Waals surface area contributed by atoms with Crippen LogP contribution in [0.3, 0.4) is 0 Å². The van der Waals surface area contributed by atoms with Crippen molar-refractivity contribution in [2.75, 3.05) is 19.6 Å². The molecule has 1 aliphatic rings. The van der Waals surface area contributed by atoms with Gasteiger partial charge in [0.15, 0.2) is 0 Å². The second-order valence-corrected chi connectivity index (χ2v) is 5.39. The number of aromatic nitrogens is 4. The van der Waals surface area contributed by atoms with Crippen LogP contribution < -0.4 is 10.6 Å². The van der Waals surface area contributed by atoms with Crippen LogP contribution in [0.4, 0.5) is 0 Å². The van der Waals surface area contributed by atoms with E-state index in [4.69, 9.17) is 0 Å². The van der Waals surface area contributed by atoms with E-state index in [1.165, 1.54) is 6.33 Å². The summed E-state index contributed by atoms with van der Waals surface area (Å²) in [5, 5.41) is 26.6. The quantitative estimate of drug-likeness (QED) is 0.667. The van der Waals surface area contributed by atoms with Crippen molar-refractivity contribution >= 4 is 18.3 Å². The van der Waals surface area contributed by atoms with Gasteiger partial charge in [-0.25, -0.2) is 4.68 Å². The lowest BCUT2D eigenvalue weighted by molar-refractivity contribution is -0.120. The second kappa shape index (κ2) is 8.00. The molecular weight excluding hydrogens is 320 g/mol. The molecule has 0 radical (unpaired) electrons. The van der Waals surface area contributed by atoms with Crippen LogP contribution in [0.25, 0.3) is 5.69 Å². The van der Waals surface area contributed by atoms with Crippen LogP contribution >= 0.6 is 12.4 Å². The Morgan fingerprint density at radius 2 is 2.13 bits per heavy atom. The third kappa shape index (κ3) is 4.47. The van der Waals surface area contributed by atoms with Crippen molar-refractivity contribution < 1.29 is 9.90 Å². The van der Waals surface area contributed by atoms with Gasteiger partial charge in [0, 0.05) is 25.6 Å². The lowest BCUT2D eigenvalue weighted by Gasteiger charge is -2.14. The standard InChI is InChI=1S/C14H18N6O2.ClH/c21-13-8-15-6-11(13)7-16-14(22)5-10-1-3-12(4-2-10)20-9-17-18-19-20;/h1-4,9,11,13,15,21H,5-8H2,(H,16,22);1H. The SMILES string of the molecule is Cl.O=C(Cc1ccc(-n2cnnn2)cc1)NCC1CNCC1O. The van der Waals surface area contributed by atoms with E-state index < -0.39 is 0 Å². The Morgan fingerprint density at radius 3 is 2.74 bits per heavy atom. The van der Waals surface area contributed by atoms with Gasteiger partial charge in [0.05, 0.1) is 18.2 Å². The molecule has 1 aliphatic heterocycles. The van der Waals surface area contributed by atoms with Crippen LogP contribution in [0.2, 0.25) is 0 Å². The molecule has 8 nitrogen and oxygen atoms in total. The number of nitrogens with one attached hydrogen (secondary N) is 2. The summed E-state index contributed by atoms with van der Waals surface area (Å²) in [6.45, 7) is 1.83. The number of rotatable bonds is 5. The fourth-order valence-corrected chi connectivity index (χ4v) is 2.47. The van der Waals surface area contributed by atoms with Gasteiger partial charge < -0.3 is 15.7 Å². The number of aliphatic hydroxyl groups excluding tert-OH is 1. The molecule has 2 atom stereocenters. The fraction of sp³-hybridized carbons (Fsp3) is 0.429. The minimum atomic E-state index is -0.379. The summed E-state index contributed by atoms with van der Waals surface area (Å²) < 4.78 is 1.55. The number of carbonyl (C=O) groups is 1. The van der Waals surface area contributed by atoms with Gasteiger partial charge >= 0.3 is 0 Å². The topological polar surface area (TPSA) is 105 Å². The number of hydrogen-bond donors (Lipinski definition) is 3. The average Bonchev–Trinajstić information content (AvgIpc) is 3.18. The monoisotopic (exact) mass is 338 g/mol. The second-order valence-electron chi connectivity index (χ2n) is 5.39. The van der Waals surface area contributed by atoms with Gasteiger partial charge in [-0.2, -0.15) is 0 Å². The van der Waals surface area contributed by atoms with Crippen LogP contribution in [0.1, 0.15) is 5.56 Å². The van der Waals surface area contributed by atoms with E-state index in [1.807, 2.05) is 24.3 Å². The highest BCUT2D eigenvalue weighted by Gasteiger charge is 2.24. The zero-order valence-electron chi connectivity index (χ0n) is 12.4. The molecule has 3 N–H and O–H groups in total. The maximum atomic E-state index is 11.9. The van der Waals surface area contributed by atoms with Crippen molar-refractivity contribution in [2.45, 2.75) is 12.5 Å². The molecule has 9 heteroatoms. The van der Waals surface area contributed by atoms with Gasteiger partial charge in [-0.05, 0) is 28.1 Å². The van der Waals surface area contributed by atoms with Crippen molar-refractivity contribution in [3.05, 3.63) is 36.2 Å². The van der Waals surface area contributed by atoms with Gasteiger partial charge in [-0.1, -0.05) is 12.1 Å². The van der Waals surface area contributed by atoms with E-state index in [1.54, 1.807) is 4.68 Å². The molecule has 23 heavy (non-hydrogen) atoms. The van der Waals surface area contributed by atoms with Crippen LogP contribution in [-0.4, -0.2) is 57.0 Å². The Bertz CT molecular complexity index is 619. The molecule has 0 saturated carbocycles. The number of tetrazole rings is 1. The molecule has 0 bridgehead atoms. The lowest BCUT2D eigenvalue weighted by Crippen LogP contribution is -2.35. The van der Waals surface area contributed by atoms with Crippen LogP contribution in [0.15, 0.2) is 30.6 Å². The molecule has 0 aliphatic carbocycles. The minimum absolute atomic E-state index is 0. The molecule has 2 heterocycles. The van der Waals surface area contributed by atoms with Gasteiger partial charge in [0.25, 0.3) is 0 Å². The van der Waals surface area contributed by atoms with Crippen molar-refractivity contribution in [1.29, 1.82) is 0 Å². The number of β-amino-alcohol motifs (C(OH)–C–C–N with tert-alkyl or cyclic N) is 1. The van der Waals surface area contributed by atoms with Crippen molar-refractivity contribution in [1.82, 2.24) is 30.8 Å². The summed E-state index contributed by atoms with van der Waals surface area (Å²) in [5.41, 5.74) is 1.76. The Morgan fingerprint density at radius 1 is 1.35 bits per heavy atom. The van der Waals surface area contributed by atoms with E-state index in [0.717, 1.165) is 17.8 Å². The smallest absolute Gasteiger partial charge is 0.224 e. The van der Waals surface area contributed by atoms with Crippen LogP contribution in [0, 0.1) is 5.92 Å². The summed E-state index contributed by atoms with van der Waals surface area (Å²) in [7, 11) is 0. The fourth-order valence-electron chi connectivity index (χ4n) is 2.47. The van der Waals surface area contributed by atoms with E-state index in [9.17, 15) is 9.90 Å². The highest BCUT2D eigenvalue weighted by atomic mass is 35.5. The number of aliphatic hydroxyl groups is 1. The third-order valence-corrected chi connectivity index (χ3v) is 3.78. The maximum Gasteiger partial charge on any atom is 0.224 e. The third-order valence-electron chi connectivity index (χ3n) is 3.78. The maximum absolute atomic E-state index is 11.9. The van der Waals surface area contributed by atoms with Crippen molar-refractivity contribution in [2.24, 2.45) is 5.92 Å². The van der Waals surface area contributed by atoms with Crippen LogP contribution in [0.5, 0.6) is 0 Å². The molecule has 124 valence electrons. The largest absolute Gasteiger partial charge is 0.391 e. The normalized spacial score (nSPS) is 20.0. The number of benzene rings is 1. The Hall–Kier alpha value is -2.03. The Balaban J connectivity index is 0.00000192. The molecule has 1 aromatic heterocycles. The van der Waals surface area contributed by atoms with Gasteiger partial charge in [-0.15, -0.1) is 17.5 Å². The molecule has 1 saturated heterocycles.